The van der Waals surface area contributed by atoms with Crippen molar-refractivity contribution < 1.29 is 46.0 Å². The molecule has 0 aromatic carbocycles. The minimum Gasteiger partial charge on any atom is 0 e. The fourth-order valence-electron chi connectivity index (χ4n) is 0.825. The molecule has 0 spiro atoms. The van der Waals surface area contributed by atoms with Gasteiger partial charge in [0.15, 0.2) is 5.78 Å². The summed E-state index contributed by atoms with van der Waals surface area (Å²) < 4.78 is 22.5. The Morgan fingerprint density at radius 2 is 1.60 bits per heavy atom. The zero-order valence-corrected chi connectivity index (χ0v) is 12.0. The van der Waals surface area contributed by atoms with E-state index in [0.29, 0.717) is 0 Å². The van der Waals surface area contributed by atoms with E-state index in [9.17, 15) is 4.79 Å². The van der Waals surface area contributed by atoms with E-state index in [4.69, 9.17) is 24.2 Å². The van der Waals surface area contributed by atoms with Crippen molar-refractivity contribution in [1.82, 2.24) is 0 Å². The first-order chi connectivity index (χ1) is 9.20. The molecule has 0 unspecified atom stereocenters. The number of aliphatic hydroxyl groups excluding tert-OH is 2. The molecule has 0 fully saturated rings. The Labute approximate surface area is 129 Å². The molecule has 0 saturated heterocycles. The molecule has 0 aliphatic heterocycles. The van der Waals surface area contributed by atoms with Gasteiger partial charge in [-0.3, -0.25) is 4.79 Å². The molecule has 112 valence electrons. The summed E-state index contributed by atoms with van der Waals surface area (Å²) >= 11 is 0. The van der Waals surface area contributed by atoms with Crippen molar-refractivity contribution in [3.63, 3.8) is 0 Å². The molecule has 0 aliphatic rings. The SMILES string of the molecule is C/C=C/C=C/C(=O)C[C@@H](O)CCO.[C-]#[O+].[C-]#[O+].[C-]#[O+].[Fe]. The van der Waals surface area contributed by atoms with Gasteiger partial charge in [0, 0.05) is 30.1 Å². The summed E-state index contributed by atoms with van der Waals surface area (Å²) in [5, 5.41) is 17.6. The Kier molecular flexibility index (Phi) is 56.4. The molecule has 2 N–H and O–H groups in total. The van der Waals surface area contributed by atoms with Crippen molar-refractivity contribution in [2.24, 2.45) is 0 Å². The summed E-state index contributed by atoms with van der Waals surface area (Å²) in [5.74, 6) is -0.126. The molecular formula is C13H16FeO6. The van der Waals surface area contributed by atoms with Crippen LogP contribution in [0.4, 0.5) is 0 Å². The Morgan fingerprint density at radius 1 is 1.15 bits per heavy atom. The number of carbonyl (C=O) groups excluding carboxylic acids is 1. The smallest absolute Gasteiger partial charge is 0 e. The number of hydrogen-bond acceptors (Lipinski definition) is 3. The van der Waals surface area contributed by atoms with Crippen LogP contribution >= 0.6 is 0 Å². The number of allylic oxidation sites excluding steroid dienone is 4. The summed E-state index contributed by atoms with van der Waals surface area (Å²) in [5.41, 5.74) is 0. The van der Waals surface area contributed by atoms with Crippen LogP contribution in [0, 0.1) is 20.0 Å². The van der Waals surface area contributed by atoms with E-state index in [2.05, 4.69) is 20.0 Å². The van der Waals surface area contributed by atoms with Gasteiger partial charge in [-0.05, 0) is 19.4 Å². The van der Waals surface area contributed by atoms with Gasteiger partial charge in [-0.2, -0.15) is 0 Å². The third-order valence-corrected chi connectivity index (χ3v) is 1.48. The molecule has 0 radical (unpaired) electrons. The third-order valence-electron chi connectivity index (χ3n) is 1.48. The first kappa shape index (κ1) is 31.3. The maximum Gasteiger partial charge on any atom is 0 e. The Morgan fingerprint density at radius 3 is 1.95 bits per heavy atom. The summed E-state index contributed by atoms with van der Waals surface area (Å²) in [4.78, 5) is 11.0. The number of hydrogen-bond donors (Lipinski definition) is 2. The predicted octanol–water partition coefficient (Wildman–Crippen LogP) is 0.706. The molecule has 0 saturated carbocycles. The van der Waals surface area contributed by atoms with Crippen LogP contribution in [0.2, 0.25) is 0 Å². The van der Waals surface area contributed by atoms with E-state index in [1.165, 1.54) is 6.08 Å². The number of aliphatic hydroxyl groups is 2. The normalized spacial score (nSPS) is 9.45. The first-order valence-corrected chi connectivity index (χ1v) is 4.93. The molecule has 0 aliphatic carbocycles. The minimum absolute atomic E-state index is 0. The van der Waals surface area contributed by atoms with E-state index < -0.39 is 6.10 Å². The van der Waals surface area contributed by atoms with Crippen LogP contribution in [0.25, 0.3) is 0 Å². The van der Waals surface area contributed by atoms with E-state index in [0.717, 1.165) is 0 Å². The molecule has 20 heavy (non-hydrogen) atoms. The van der Waals surface area contributed by atoms with Crippen LogP contribution in [-0.2, 0) is 35.8 Å². The zero-order valence-electron chi connectivity index (χ0n) is 10.9. The van der Waals surface area contributed by atoms with Gasteiger partial charge < -0.3 is 10.2 Å². The van der Waals surface area contributed by atoms with Crippen LogP contribution in [0.1, 0.15) is 19.8 Å². The number of ketones is 1. The third kappa shape index (κ3) is 36.0. The monoisotopic (exact) mass is 324 g/mol. The van der Waals surface area contributed by atoms with Crippen molar-refractivity contribution in [3.05, 3.63) is 44.3 Å². The van der Waals surface area contributed by atoms with Crippen molar-refractivity contribution in [2.45, 2.75) is 25.9 Å². The maximum atomic E-state index is 11.0. The van der Waals surface area contributed by atoms with Crippen LogP contribution < -0.4 is 0 Å². The van der Waals surface area contributed by atoms with Gasteiger partial charge in [-0.1, -0.05) is 18.2 Å². The minimum atomic E-state index is -0.729. The van der Waals surface area contributed by atoms with E-state index >= 15 is 0 Å². The van der Waals surface area contributed by atoms with Crippen LogP contribution in [-0.4, -0.2) is 28.7 Å². The quantitative estimate of drug-likeness (QED) is 0.246. The number of rotatable bonds is 6. The number of carbonyl (C=O) groups is 1. The van der Waals surface area contributed by atoms with Crippen molar-refractivity contribution in [3.8, 4) is 0 Å². The van der Waals surface area contributed by atoms with Crippen LogP contribution in [0.3, 0.4) is 0 Å². The molecule has 0 amide bonds. The first-order valence-electron chi connectivity index (χ1n) is 4.93. The molecule has 1 atom stereocenters. The second-order valence-corrected chi connectivity index (χ2v) is 2.72. The summed E-state index contributed by atoms with van der Waals surface area (Å²) in [6.45, 7) is 15.3. The van der Waals surface area contributed by atoms with Gasteiger partial charge in [0.25, 0.3) is 0 Å². The topological polar surface area (TPSA) is 117 Å². The van der Waals surface area contributed by atoms with Gasteiger partial charge in [0.2, 0.25) is 0 Å². The standard InChI is InChI=1S/C10H16O3.3CO.Fe/c1-2-3-4-5-9(12)8-10(13)6-7-11;3*1-2;/h2-5,10-11,13H,6-8H2,1H3;;;;/b3-2+,5-4+;;;;/t10-;;;;/m0..../s1. The molecule has 0 heterocycles. The maximum absolute atomic E-state index is 11.0. The van der Waals surface area contributed by atoms with Gasteiger partial charge in [0.05, 0.1) is 6.10 Å². The Bertz CT molecular complexity index is 289. The molecule has 0 aromatic heterocycles. The zero-order chi connectivity index (χ0) is 16.1. The van der Waals surface area contributed by atoms with E-state index in [1.54, 1.807) is 12.2 Å². The van der Waals surface area contributed by atoms with Crippen molar-refractivity contribution >= 4 is 5.78 Å². The molecular weight excluding hydrogens is 308 g/mol. The Balaban J connectivity index is -0.0000000940. The van der Waals surface area contributed by atoms with Gasteiger partial charge in [-0.15, -0.1) is 0 Å². The fourth-order valence-corrected chi connectivity index (χ4v) is 0.825. The van der Waals surface area contributed by atoms with Crippen LogP contribution in [0.5, 0.6) is 0 Å². The predicted molar refractivity (Wildman–Crippen MR) is 63.1 cm³/mol. The van der Waals surface area contributed by atoms with E-state index in [1.807, 2.05) is 13.0 Å². The van der Waals surface area contributed by atoms with Gasteiger partial charge in [-0.25, -0.2) is 0 Å². The largest absolute Gasteiger partial charge is 0 e. The van der Waals surface area contributed by atoms with Crippen molar-refractivity contribution in [1.29, 1.82) is 0 Å². The van der Waals surface area contributed by atoms with Crippen molar-refractivity contribution in [2.75, 3.05) is 6.61 Å². The van der Waals surface area contributed by atoms with E-state index in [-0.39, 0.29) is 42.3 Å². The molecule has 7 heteroatoms. The molecule has 6 nitrogen and oxygen atoms in total. The average Bonchev–Trinajstić information content (AvgIpc) is 2.46. The summed E-state index contributed by atoms with van der Waals surface area (Å²) in [6, 6.07) is 0. The molecule has 0 rings (SSSR count). The van der Waals surface area contributed by atoms with Gasteiger partial charge >= 0.3 is 33.9 Å². The second-order valence-electron chi connectivity index (χ2n) is 2.72. The summed E-state index contributed by atoms with van der Waals surface area (Å²) in [6.07, 6.45) is 6.21. The molecule has 0 bridgehead atoms. The molecule has 0 aromatic rings. The van der Waals surface area contributed by atoms with Crippen LogP contribution in [0.15, 0.2) is 24.3 Å². The summed E-state index contributed by atoms with van der Waals surface area (Å²) in [7, 11) is 0. The second kappa shape index (κ2) is 36.1. The van der Waals surface area contributed by atoms with Gasteiger partial charge in [0.1, 0.15) is 0 Å². The fraction of sp³-hybridized carbons (Fsp3) is 0.385. The average molecular weight is 324 g/mol. The Hall–Kier alpha value is -1.19.